The lowest BCUT2D eigenvalue weighted by molar-refractivity contribution is 0.0410. The van der Waals surface area contributed by atoms with Gasteiger partial charge in [0.15, 0.2) is 11.5 Å². The van der Waals surface area contributed by atoms with Crippen LogP contribution in [-0.4, -0.2) is 75.0 Å². The second-order valence-electron chi connectivity index (χ2n) is 6.45. The molecule has 0 saturated carbocycles. The Bertz CT molecular complexity index is 731. The summed E-state index contributed by atoms with van der Waals surface area (Å²) in [4.78, 5) is 16.4. The molecule has 4 rings (SSSR count). The molecule has 2 amide bonds. The summed E-state index contributed by atoms with van der Waals surface area (Å²) in [6.07, 6.45) is 1.79. The maximum Gasteiger partial charge on any atom is 0.320 e. The summed E-state index contributed by atoms with van der Waals surface area (Å²) in [7, 11) is 0. The molecule has 2 aromatic rings. The van der Waals surface area contributed by atoms with Crippen LogP contribution in [0.15, 0.2) is 12.1 Å². The third-order valence-corrected chi connectivity index (χ3v) is 4.83. The van der Waals surface area contributed by atoms with E-state index >= 15 is 0 Å². The Labute approximate surface area is 140 Å². The monoisotopic (exact) mass is 330 g/mol. The number of carbonyl (C=O) groups is 1. The normalized spacial score (nSPS) is 19.9. The van der Waals surface area contributed by atoms with Gasteiger partial charge in [-0.1, -0.05) is 0 Å². The zero-order chi connectivity index (χ0) is 16.5. The molecule has 0 radical (unpaired) electrons. The summed E-state index contributed by atoms with van der Waals surface area (Å²) in [6, 6.07) is 4.02. The third-order valence-electron chi connectivity index (χ3n) is 4.83. The number of carbonyl (C=O) groups excluding carboxylic acids is 1. The summed E-state index contributed by atoms with van der Waals surface area (Å²) in [5.74, 6) is 1.20. The molecule has 8 heteroatoms. The minimum atomic E-state index is 0.136. The SMILES string of the molecule is Cc1ccc2nnc(C3CCN(C(=O)N4CCOCC4)CC3)n2n1. The van der Waals surface area contributed by atoms with Crippen LogP contribution in [0, 0.1) is 6.92 Å². The van der Waals surface area contributed by atoms with Crippen LogP contribution in [-0.2, 0) is 4.74 Å². The van der Waals surface area contributed by atoms with E-state index in [9.17, 15) is 4.79 Å². The second-order valence-corrected chi connectivity index (χ2v) is 6.45. The van der Waals surface area contributed by atoms with Crippen LogP contribution in [0.1, 0.15) is 30.3 Å². The summed E-state index contributed by atoms with van der Waals surface area (Å²) in [5.41, 5.74) is 1.73. The molecule has 0 aromatic carbocycles. The number of ether oxygens (including phenoxy) is 1. The van der Waals surface area contributed by atoms with Gasteiger partial charge in [-0.15, -0.1) is 10.2 Å². The molecule has 8 nitrogen and oxygen atoms in total. The van der Waals surface area contributed by atoms with Gasteiger partial charge in [0.25, 0.3) is 0 Å². The molecule has 24 heavy (non-hydrogen) atoms. The molecule has 2 saturated heterocycles. The molecule has 2 aromatic heterocycles. The molecular weight excluding hydrogens is 308 g/mol. The van der Waals surface area contributed by atoms with Crippen LogP contribution >= 0.6 is 0 Å². The Hall–Kier alpha value is -2.22. The highest BCUT2D eigenvalue weighted by Crippen LogP contribution is 2.27. The smallest absolute Gasteiger partial charge is 0.320 e. The lowest BCUT2D eigenvalue weighted by Crippen LogP contribution is -2.50. The number of amides is 2. The number of hydrogen-bond donors (Lipinski definition) is 0. The first-order valence-corrected chi connectivity index (χ1v) is 8.53. The Morgan fingerprint density at radius 3 is 2.54 bits per heavy atom. The highest BCUT2D eigenvalue weighted by molar-refractivity contribution is 5.74. The fourth-order valence-electron chi connectivity index (χ4n) is 3.44. The van der Waals surface area contributed by atoms with E-state index in [2.05, 4.69) is 15.3 Å². The molecule has 4 heterocycles. The summed E-state index contributed by atoms with van der Waals surface area (Å²) in [5, 5.41) is 13.1. The topological polar surface area (TPSA) is 75.9 Å². The van der Waals surface area contributed by atoms with Crippen LogP contribution < -0.4 is 0 Å². The van der Waals surface area contributed by atoms with Gasteiger partial charge >= 0.3 is 6.03 Å². The Kier molecular flexibility index (Phi) is 4.05. The summed E-state index contributed by atoms with van der Waals surface area (Å²) >= 11 is 0. The fourth-order valence-corrected chi connectivity index (χ4v) is 3.44. The average Bonchev–Trinajstić information content (AvgIpc) is 3.05. The van der Waals surface area contributed by atoms with Crippen molar-refractivity contribution in [2.75, 3.05) is 39.4 Å². The molecule has 2 aliphatic rings. The number of aromatic nitrogens is 4. The van der Waals surface area contributed by atoms with E-state index in [0.717, 1.165) is 43.1 Å². The third kappa shape index (κ3) is 2.82. The van der Waals surface area contributed by atoms with E-state index < -0.39 is 0 Å². The Morgan fingerprint density at radius 1 is 1.08 bits per heavy atom. The molecule has 128 valence electrons. The van der Waals surface area contributed by atoms with E-state index in [0.29, 0.717) is 32.2 Å². The number of urea groups is 1. The molecular formula is C16H22N6O2. The Balaban J connectivity index is 1.43. The van der Waals surface area contributed by atoms with Crippen molar-refractivity contribution in [3.63, 3.8) is 0 Å². The van der Waals surface area contributed by atoms with Gasteiger partial charge in [-0.25, -0.2) is 4.79 Å². The first kappa shape index (κ1) is 15.3. The van der Waals surface area contributed by atoms with Gasteiger partial charge in [-0.3, -0.25) is 0 Å². The highest BCUT2D eigenvalue weighted by atomic mass is 16.5. The van der Waals surface area contributed by atoms with Crippen molar-refractivity contribution in [3.8, 4) is 0 Å². The molecule has 2 fully saturated rings. The number of piperidine rings is 1. The van der Waals surface area contributed by atoms with E-state index in [1.54, 1.807) is 0 Å². The number of aryl methyl sites for hydroxylation is 1. The maximum absolute atomic E-state index is 12.6. The van der Waals surface area contributed by atoms with E-state index in [4.69, 9.17) is 4.74 Å². The van der Waals surface area contributed by atoms with Gasteiger partial charge in [0.05, 0.1) is 18.9 Å². The molecule has 0 atom stereocenters. The van der Waals surface area contributed by atoms with Crippen LogP contribution in [0.5, 0.6) is 0 Å². The average molecular weight is 330 g/mol. The second kappa shape index (κ2) is 6.35. The number of likely N-dealkylation sites (tertiary alicyclic amines) is 1. The van der Waals surface area contributed by atoms with E-state index in [1.807, 2.05) is 33.4 Å². The van der Waals surface area contributed by atoms with Crippen LogP contribution in [0.2, 0.25) is 0 Å². The summed E-state index contributed by atoms with van der Waals surface area (Å²) in [6.45, 7) is 6.13. The molecule has 2 aliphatic heterocycles. The molecule has 0 unspecified atom stereocenters. The fraction of sp³-hybridized carbons (Fsp3) is 0.625. The van der Waals surface area contributed by atoms with Crippen molar-refractivity contribution in [2.24, 2.45) is 0 Å². The predicted molar refractivity (Wildman–Crippen MR) is 86.9 cm³/mol. The zero-order valence-corrected chi connectivity index (χ0v) is 13.9. The first-order chi connectivity index (χ1) is 11.7. The lowest BCUT2D eigenvalue weighted by atomic mass is 9.96. The number of nitrogens with zero attached hydrogens (tertiary/aromatic N) is 6. The standard InChI is InChI=1S/C16H22N6O2/c1-12-2-3-14-17-18-15(22(14)19-12)13-4-6-20(7-5-13)16(23)21-8-10-24-11-9-21/h2-3,13H,4-11H2,1H3. The number of fused-ring (bicyclic) bond motifs is 1. The maximum atomic E-state index is 12.6. The summed E-state index contributed by atoms with van der Waals surface area (Å²) < 4.78 is 7.16. The lowest BCUT2D eigenvalue weighted by Gasteiger charge is -2.36. The van der Waals surface area contributed by atoms with Gasteiger partial charge in [0.2, 0.25) is 0 Å². The number of rotatable bonds is 1. The predicted octanol–water partition coefficient (Wildman–Crippen LogP) is 1.06. The van der Waals surface area contributed by atoms with Crippen LogP contribution in [0.4, 0.5) is 4.79 Å². The van der Waals surface area contributed by atoms with Crippen LogP contribution in [0.3, 0.4) is 0 Å². The molecule has 0 bridgehead atoms. The quantitative estimate of drug-likeness (QED) is 0.782. The van der Waals surface area contributed by atoms with Crippen molar-refractivity contribution < 1.29 is 9.53 Å². The minimum absolute atomic E-state index is 0.136. The van der Waals surface area contributed by atoms with Gasteiger partial charge in [0.1, 0.15) is 0 Å². The van der Waals surface area contributed by atoms with Crippen molar-refractivity contribution in [1.29, 1.82) is 0 Å². The van der Waals surface area contributed by atoms with E-state index in [-0.39, 0.29) is 6.03 Å². The molecule has 0 N–H and O–H groups in total. The number of hydrogen-bond acceptors (Lipinski definition) is 5. The van der Waals surface area contributed by atoms with Gasteiger partial charge < -0.3 is 14.5 Å². The van der Waals surface area contributed by atoms with E-state index in [1.165, 1.54) is 0 Å². The van der Waals surface area contributed by atoms with Gasteiger partial charge in [-0.05, 0) is 31.9 Å². The van der Waals surface area contributed by atoms with Crippen LogP contribution in [0.25, 0.3) is 5.65 Å². The molecule has 0 aliphatic carbocycles. The number of morpholine rings is 1. The van der Waals surface area contributed by atoms with Crippen molar-refractivity contribution >= 4 is 11.7 Å². The largest absolute Gasteiger partial charge is 0.378 e. The minimum Gasteiger partial charge on any atom is -0.378 e. The van der Waals surface area contributed by atoms with Gasteiger partial charge in [0, 0.05) is 32.1 Å². The highest BCUT2D eigenvalue weighted by Gasteiger charge is 2.30. The van der Waals surface area contributed by atoms with Gasteiger partial charge in [-0.2, -0.15) is 9.61 Å². The first-order valence-electron chi connectivity index (χ1n) is 8.53. The zero-order valence-electron chi connectivity index (χ0n) is 13.9. The van der Waals surface area contributed by atoms with Crippen molar-refractivity contribution in [3.05, 3.63) is 23.7 Å². The van der Waals surface area contributed by atoms with Crippen molar-refractivity contribution in [2.45, 2.75) is 25.7 Å². The Morgan fingerprint density at radius 2 is 1.79 bits per heavy atom. The molecule has 0 spiro atoms. The van der Waals surface area contributed by atoms with Crippen molar-refractivity contribution in [1.82, 2.24) is 29.6 Å².